The molecule has 0 aliphatic heterocycles. The molecule has 1 aliphatic carbocycles. The van der Waals surface area contributed by atoms with Crippen LogP contribution < -0.4 is 10.1 Å². The van der Waals surface area contributed by atoms with Gasteiger partial charge in [-0.25, -0.2) is 4.79 Å². The molecule has 0 bridgehead atoms. The number of ether oxygens (including phenoxy) is 1. The number of aryl methyl sites for hydroxylation is 1. The Morgan fingerprint density at radius 3 is 2.69 bits per heavy atom. The topological polar surface area (TPSA) is 115 Å². The molecular formula is C18H21N3O5. The first-order chi connectivity index (χ1) is 12.6. The summed E-state index contributed by atoms with van der Waals surface area (Å²) in [6.45, 7) is 0. The van der Waals surface area contributed by atoms with Crippen LogP contribution in [0.5, 0.6) is 5.75 Å². The highest BCUT2D eigenvalue weighted by Gasteiger charge is 2.28. The van der Waals surface area contributed by atoms with Crippen LogP contribution in [0.3, 0.4) is 0 Å². The molecule has 8 nitrogen and oxygen atoms in total. The molecule has 1 unspecified atom stereocenters. The number of aliphatic carboxylic acids is 1. The van der Waals surface area contributed by atoms with Crippen LogP contribution in [-0.2, 0) is 16.0 Å². The minimum Gasteiger partial charge on any atom is -0.497 e. The fraction of sp³-hybridized carbons (Fsp3) is 0.444. The van der Waals surface area contributed by atoms with Gasteiger partial charge in [0.1, 0.15) is 5.75 Å². The zero-order chi connectivity index (χ0) is 18.5. The molecule has 3 rings (SSSR count). The summed E-state index contributed by atoms with van der Waals surface area (Å²) in [7, 11) is 1.53. The highest BCUT2D eigenvalue weighted by atomic mass is 16.5. The van der Waals surface area contributed by atoms with Crippen molar-refractivity contribution in [3.63, 3.8) is 0 Å². The van der Waals surface area contributed by atoms with Crippen molar-refractivity contribution in [3.8, 4) is 5.75 Å². The standard InChI is InChI=1S/C18H21N3O5/c1-25-13-9-7-11(8-10-13)16(18(23)24)19-14(22)3-2-4-15-20-17(21-26-15)12-5-6-12/h7-10,12,16H,2-6H2,1H3,(H,19,22)(H,23,24). The van der Waals surface area contributed by atoms with Crippen LogP contribution in [0.15, 0.2) is 28.8 Å². The molecule has 2 N–H and O–H groups in total. The maximum atomic E-state index is 12.1. The second-order valence-corrected chi connectivity index (χ2v) is 6.29. The number of methoxy groups -OCH3 is 1. The molecule has 1 aliphatic rings. The lowest BCUT2D eigenvalue weighted by Crippen LogP contribution is -2.33. The predicted octanol–water partition coefficient (Wildman–Crippen LogP) is 2.22. The van der Waals surface area contributed by atoms with E-state index in [1.54, 1.807) is 24.3 Å². The number of carbonyl (C=O) groups is 2. The van der Waals surface area contributed by atoms with Gasteiger partial charge in [0.05, 0.1) is 7.11 Å². The van der Waals surface area contributed by atoms with E-state index in [1.165, 1.54) is 7.11 Å². The van der Waals surface area contributed by atoms with Gasteiger partial charge in [-0.2, -0.15) is 4.98 Å². The lowest BCUT2D eigenvalue weighted by Gasteiger charge is -2.15. The predicted molar refractivity (Wildman–Crippen MR) is 90.7 cm³/mol. The number of benzene rings is 1. The Labute approximate surface area is 150 Å². The Hall–Kier alpha value is -2.90. The third-order valence-corrected chi connectivity index (χ3v) is 4.22. The molecule has 0 radical (unpaired) electrons. The van der Waals surface area contributed by atoms with E-state index in [2.05, 4.69) is 15.5 Å². The number of carboxylic acids is 1. The third kappa shape index (κ3) is 4.59. The average molecular weight is 359 g/mol. The lowest BCUT2D eigenvalue weighted by molar-refractivity contribution is -0.142. The SMILES string of the molecule is COc1ccc(C(NC(=O)CCCc2nc(C3CC3)no2)C(=O)O)cc1. The van der Waals surface area contributed by atoms with E-state index in [0.717, 1.165) is 18.7 Å². The summed E-state index contributed by atoms with van der Waals surface area (Å²) in [5.74, 6) is 0.857. The number of aromatic nitrogens is 2. The first-order valence-corrected chi connectivity index (χ1v) is 8.55. The van der Waals surface area contributed by atoms with Gasteiger partial charge in [-0.15, -0.1) is 0 Å². The van der Waals surface area contributed by atoms with Crippen molar-refractivity contribution >= 4 is 11.9 Å². The van der Waals surface area contributed by atoms with Crippen LogP contribution in [-0.4, -0.2) is 34.2 Å². The molecule has 0 saturated heterocycles. The molecule has 1 amide bonds. The molecule has 1 atom stereocenters. The first kappa shape index (κ1) is 17.9. The van der Waals surface area contributed by atoms with Gasteiger partial charge >= 0.3 is 5.97 Å². The monoisotopic (exact) mass is 359 g/mol. The molecule has 26 heavy (non-hydrogen) atoms. The highest BCUT2D eigenvalue weighted by molar-refractivity contribution is 5.84. The number of nitrogens with one attached hydrogen (secondary N) is 1. The summed E-state index contributed by atoms with van der Waals surface area (Å²) in [6, 6.07) is 5.46. The van der Waals surface area contributed by atoms with Gasteiger partial charge in [0.2, 0.25) is 11.8 Å². The van der Waals surface area contributed by atoms with E-state index >= 15 is 0 Å². The number of nitrogens with zero attached hydrogens (tertiary/aromatic N) is 2. The van der Waals surface area contributed by atoms with Crippen molar-refractivity contribution in [3.05, 3.63) is 41.5 Å². The van der Waals surface area contributed by atoms with Crippen molar-refractivity contribution in [2.45, 2.75) is 44.1 Å². The van der Waals surface area contributed by atoms with Crippen molar-refractivity contribution in [1.82, 2.24) is 15.5 Å². The summed E-state index contributed by atoms with van der Waals surface area (Å²) in [5.41, 5.74) is 0.484. The van der Waals surface area contributed by atoms with Crippen LogP contribution in [0.25, 0.3) is 0 Å². The molecule has 1 saturated carbocycles. The minimum atomic E-state index is -1.12. The van der Waals surface area contributed by atoms with E-state index in [1.807, 2.05) is 0 Å². The van der Waals surface area contributed by atoms with Gasteiger partial charge in [-0.3, -0.25) is 4.79 Å². The van der Waals surface area contributed by atoms with Gasteiger partial charge in [0.15, 0.2) is 11.9 Å². The molecule has 0 spiro atoms. The van der Waals surface area contributed by atoms with Crippen LogP contribution in [0, 0.1) is 0 Å². The molecule has 1 fully saturated rings. The maximum absolute atomic E-state index is 12.1. The fourth-order valence-electron chi connectivity index (χ4n) is 2.59. The van der Waals surface area contributed by atoms with Crippen molar-refractivity contribution in [2.75, 3.05) is 7.11 Å². The number of carbonyl (C=O) groups excluding carboxylic acids is 1. The lowest BCUT2D eigenvalue weighted by atomic mass is 10.1. The Bertz CT molecular complexity index is 767. The zero-order valence-corrected chi connectivity index (χ0v) is 14.5. The summed E-state index contributed by atoms with van der Waals surface area (Å²) in [6.07, 6.45) is 3.38. The number of amides is 1. The normalized spacial score (nSPS) is 14.7. The molecule has 138 valence electrons. The van der Waals surface area contributed by atoms with E-state index in [4.69, 9.17) is 9.26 Å². The van der Waals surface area contributed by atoms with Crippen LogP contribution >= 0.6 is 0 Å². The summed E-state index contributed by atoms with van der Waals surface area (Å²) >= 11 is 0. The van der Waals surface area contributed by atoms with E-state index in [9.17, 15) is 14.7 Å². The van der Waals surface area contributed by atoms with E-state index < -0.39 is 12.0 Å². The molecule has 1 aromatic heterocycles. The van der Waals surface area contributed by atoms with Crippen molar-refractivity contribution in [1.29, 1.82) is 0 Å². The minimum absolute atomic E-state index is 0.182. The Kier molecular flexibility index (Phi) is 5.50. The fourth-order valence-corrected chi connectivity index (χ4v) is 2.59. The summed E-state index contributed by atoms with van der Waals surface area (Å²) in [4.78, 5) is 27.9. The Morgan fingerprint density at radius 2 is 2.08 bits per heavy atom. The first-order valence-electron chi connectivity index (χ1n) is 8.55. The van der Waals surface area contributed by atoms with Crippen LogP contribution in [0.4, 0.5) is 0 Å². The molecule has 8 heteroatoms. The second kappa shape index (κ2) is 7.99. The zero-order valence-electron chi connectivity index (χ0n) is 14.5. The second-order valence-electron chi connectivity index (χ2n) is 6.29. The van der Waals surface area contributed by atoms with Gasteiger partial charge in [0, 0.05) is 18.8 Å². The van der Waals surface area contributed by atoms with Crippen LogP contribution in [0.2, 0.25) is 0 Å². The summed E-state index contributed by atoms with van der Waals surface area (Å²) in [5, 5.41) is 15.9. The van der Waals surface area contributed by atoms with Gasteiger partial charge in [-0.1, -0.05) is 17.3 Å². The molecule has 2 aromatic rings. The smallest absolute Gasteiger partial charge is 0.330 e. The van der Waals surface area contributed by atoms with Gasteiger partial charge < -0.3 is 19.7 Å². The molecular weight excluding hydrogens is 338 g/mol. The van der Waals surface area contributed by atoms with Gasteiger partial charge in [0.25, 0.3) is 0 Å². The van der Waals surface area contributed by atoms with E-state index in [0.29, 0.717) is 36.0 Å². The third-order valence-electron chi connectivity index (χ3n) is 4.22. The van der Waals surface area contributed by atoms with Crippen molar-refractivity contribution in [2.24, 2.45) is 0 Å². The number of rotatable bonds is 9. The number of hydrogen-bond acceptors (Lipinski definition) is 6. The molecule has 1 aromatic carbocycles. The van der Waals surface area contributed by atoms with E-state index in [-0.39, 0.29) is 12.3 Å². The Balaban J connectivity index is 1.49. The largest absolute Gasteiger partial charge is 0.497 e. The Morgan fingerprint density at radius 1 is 1.35 bits per heavy atom. The quantitative estimate of drug-likeness (QED) is 0.705. The molecule has 1 heterocycles. The maximum Gasteiger partial charge on any atom is 0.330 e. The number of hydrogen-bond donors (Lipinski definition) is 2. The van der Waals surface area contributed by atoms with Crippen LogP contribution in [0.1, 0.15) is 54.9 Å². The average Bonchev–Trinajstić information content (AvgIpc) is 3.39. The van der Waals surface area contributed by atoms with Gasteiger partial charge in [-0.05, 0) is 37.0 Å². The van der Waals surface area contributed by atoms with Crippen molar-refractivity contribution < 1.29 is 24.0 Å². The number of carboxylic acid groups (broad SMARTS) is 1. The highest BCUT2D eigenvalue weighted by Crippen LogP contribution is 2.38. The summed E-state index contributed by atoms with van der Waals surface area (Å²) < 4.78 is 10.2.